The van der Waals surface area contributed by atoms with Crippen LogP contribution in [0.25, 0.3) is 11.4 Å². The lowest BCUT2D eigenvalue weighted by atomic mass is 10.0. The number of unbranched alkanes of at least 4 members (excludes halogenated alkanes) is 1. The molecule has 1 unspecified atom stereocenters. The summed E-state index contributed by atoms with van der Waals surface area (Å²) in [5.74, 6) is 0.118. The predicted octanol–water partition coefficient (Wildman–Crippen LogP) is 8.08. The molecule has 1 aromatic heterocycles. The van der Waals surface area contributed by atoms with Gasteiger partial charge >= 0.3 is 12.4 Å². The number of hydrogen-bond acceptors (Lipinski definition) is 4. The van der Waals surface area contributed by atoms with Crippen molar-refractivity contribution in [3.63, 3.8) is 0 Å². The average Bonchev–Trinajstić information content (AvgIpc) is 3.30. The molecule has 0 amide bonds. The molecular formula is C25H26F6N2O2. The number of aromatic nitrogens is 2. The van der Waals surface area contributed by atoms with Gasteiger partial charge in [0.1, 0.15) is 5.75 Å². The molecule has 0 aliphatic carbocycles. The normalized spacial score (nSPS) is 13.1. The zero-order chi connectivity index (χ0) is 25.6. The molecule has 0 radical (unpaired) electrons. The number of halogens is 6. The lowest BCUT2D eigenvalue weighted by Gasteiger charge is -2.15. The van der Waals surface area contributed by atoms with E-state index in [1.165, 1.54) is 24.3 Å². The predicted molar refractivity (Wildman–Crippen MR) is 118 cm³/mol. The fourth-order valence-electron chi connectivity index (χ4n) is 3.52. The van der Waals surface area contributed by atoms with Crippen molar-refractivity contribution in [2.24, 2.45) is 0 Å². The van der Waals surface area contributed by atoms with Crippen LogP contribution >= 0.6 is 0 Å². The molecule has 4 nitrogen and oxygen atoms in total. The summed E-state index contributed by atoms with van der Waals surface area (Å²) in [7, 11) is 0. The summed E-state index contributed by atoms with van der Waals surface area (Å²) >= 11 is 0. The van der Waals surface area contributed by atoms with Crippen molar-refractivity contribution in [3.8, 4) is 17.1 Å². The first kappa shape index (κ1) is 26.6. The topological polar surface area (TPSA) is 48.2 Å². The monoisotopic (exact) mass is 500 g/mol. The van der Waals surface area contributed by atoms with Gasteiger partial charge in [-0.05, 0) is 55.2 Å². The van der Waals surface area contributed by atoms with Crippen LogP contribution in [0.4, 0.5) is 26.3 Å². The molecule has 0 fully saturated rings. The highest BCUT2D eigenvalue weighted by atomic mass is 19.4. The third-order valence-electron chi connectivity index (χ3n) is 5.55. The summed E-state index contributed by atoms with van der Waals surface area (Å²) < 4.78 is 89.6. The number of ether oxygens (including phenoxy) is 1. The van der Waals surface area contributed by atoms with Gasteiger partial charge in [0, 0.05) is 11.5 Å². The summed E-state index contributed by atoms with van der Waals surface area (Å²) in [6.45, 7) is 3.95. The van der Waals surface area contributed by atoms with Crippen molar-refractivity contribution in [2.75, 3.05) is 6.61 Å². The molecule has 1 atom stereocenters. The van der Waals surface area contributed by atoms with Gasteiger partial charge in [-0.1, -0.05) is 44.0 Å². The number of nitrogens with zero attached hydrogens (tertiary/aromatic N) is 2. The smallest absolute Gasteiger partial charge is 0.419 e. The fraction of sp³-hybridized carbons (Fsp3) is 0.440. The maximum atomic E-state index is 13.7. The highest BCUT2D eigenvalue weighted by Crippen LogP contribution is 2.39. The largest absolute Gasteiger partial charge is 0.493 e. The molecule has 0 aliphatic rings. The molecule has 0 bridgehead atoms. The van der Waals surface area contributed by atoms with Crippen LogP contribution in [0.15, 0.2) is 47.0 Å². The van der Waals surface area contributed by atoms with Crippen molar-refractivity contribution in [1.29, 1.82) is 0 Å². The number of rotatable bonds is 10. The van der Waals surface area contributed by atoms with E-state index in [1.807, 2.05) is 6.92 Å². The fourth-order valence-corrected chi connectivity index (χ4v) is 3.52. The van der Waals surface area contributed by atoms with Crippen LogP contribution in [0.3, 0.4) is 0 Å². The summed E-state index contributed by atoms with van der Waals surface area (Å²) in [4.78, 5) is 4.26. The van der Waals surface area contributed by atoms with E-state index >= 15 is 0 Å². The summed E-state index contributed by atoms with van der Waals surface area (Å²) in [5, 5.41) is 3.83. The first-order chi connectivity index (χ1) is 16.5. The van der Waals surface area contributed by atoms with Crippen LogP contribution in [0, 0.1) is 0 Å². The third-order valence-corrected chi connectivity index (χ3v) is 5.55. The van der Waals surface area contributed by atoms with Gasteiger partial charge in [0.05, 0.1) is 17.7 Å². The number of alkyl halides is 6. The molecule has 3 aromatic rings. The molecule has 35 heavy (non-hydrogen) atoms. The Kier molecular flexibility index (Phi) is 8.45. The molecular weight excluding hydrogens is 474 g/mol. The number of aryl methyl sites for hydroxylation is 1. The highest BCUT2D eigenvalue weighted by molar-refractivity contribution is 5.59. The standard InChI is InChI=1S/C25H26F6N2O2/c1-3-4-6-16(2)23-32-22(33-35-23)18-10-13-21(20(15-18)25(29,30)31)34-14-5-7-17-8-11-19(12-9-17)24(26,27)28/h8-13,15-16H,3-7,14H2,1-2H3. The van der Waals surface area contributed by atoms with Crippen LogP contribution < -0.4 is 4.74 Å². The van der Waals surface area contributed by atoms with Crippen LogP contribution in [0.1, 0.15) is 68.0 Å². The Morgan fingerprint density at radius 1 is 0.943 bits per heavy atom. The highest BCUT2D eigenvalue weighted by Gasteiger charge is 2.35. The van der Waals surface area contributed by atoms with E-state index < -0.39 is 23.5 Å². The van der Waals surface area contributed by atoms with Crippen LogP contribution in [0.5, 0.6) is 5.75 Å². The average molecular weight is 500 g/mol. The molecule has 2 aromatic carbocycles. The Hall–Kier alpha value is -3.04. The second kappa shape index (κ2) is 11.1. The molecule has 0 saturated heterocycles. The molecule has 1 heterocycles. The molecule has 10 heteroatoms. The number of hydrogen-bond donors (Lipinski definition) is 0. The van der Waals surface area contributed by atoms with Crippen molar-refractivity contribution >= 4 is 0 Å². The van der Waals surface area contributed by atoms with E-state index in [0.717, 1.165) is 37.5 Å². The molecule has 0 saturated carbocycles. The lowest BCUT2D eigenvalue weighted by molar-refractivity contribution is -0.139. The van der Waals surface area contributed by atoms with E-state index in [-0.39, 0.29) is 29.7 Å². The summed E-state index contributed by atoms with van der Waals surface area (Å²) in [5.41, 5.74) is -0.923. The minimum atomic E-state index is -4.67. The Bertz CT molecular complexity index is 1090. The number of benzene rings is 2. The molecule has 0 aliphatic heterocycles. The van der Waals surface area contributed by atoms with Crippen molar-refractivity contribution < 1.29 is 35.6 Å². The minimum absolute atomic E-state index is 0.00515. The van der Waals surface area contributed by atoms with Gasteiger partial charge < -0.3 is 9.26 Å². The molecule has 0 spiro atoms. The Morgan fingerprint density at radius 3 is 2.29 bits per heavy atom. The van der Waals surface area contributed by atoms with Gasteiger partial charge in [-0.3, -0.25) is 0 Å². The third kappa shape index (κ3) is 7.22. The van der Waals surface area contributed by atoms with Crippen LogP contribution in [0.2, 0.25) is 0 Å². The summed E-state index contributed by atoms with van der Waals surface area (Å²) in [6.07, 6.45) is -5.58. The van der Waals surface area contributed by atoms with Crippen LogP contribution in [-0.2, 0) is 18.8 Å². The minimum Gasteiger partial charge on any atom is -0.493 e. The first-order valence-electron chi connectivity index (χ1n) is 11.3. The van der Waals surface area contributed by atoms with E-state index in [4.69, 9.17) is 9.26 Å². The molecule has 0 N–H and O–H groups in total. The van der Waals surface area contributed by atoms with E-state index in [1.54, 1.807) is 0 Å². The first-order valence-corrected chi connectivity index (χ1v) is 11.3. The lowest BCUT2D eigenvalue weighted by Crippen LogP contribution is -2.10. The Balaban J connectivity index is 1.66. The quantitative estimate of drug-likeness (QED) is 0.209. The maximum Gasteiger partial charge on any atom is 0.419 e. The van der Waals surface area contributed by atoms with Crippen molar-refractivity contribution in [3.05, 3.63) is 65.0 Å². The van der Waals surface area contributed by atoms with Gasteiger partial charge in [-0.25, -0.2) is 0 Å². The molecule has 190 valence electrons. The van der Waals surface area contributed by atoms with Gasteiger partial charge in [-0.2, -0.15) is 31.3 Å². The Labute approximate surface area is 199 Å². The maximum absolute atomic E-state index is 13.7. The van der Waals surface area contributed by atoms with Crippen LogP contribution in [-0.4, -0.2) is 16.7 Å². The van der Waals surface area contributed by atoms with E-state index in [0.29, 0.717) is 24.3 Å². The zero-order valence-electron chi connectivity index (χ0n) is 19.3. The SMILES string of the molecule is CCCCC(C)c1nc(-c2ccc(OCCCc3ccc(C(F)(F)F)cc3)c(C(F)(F)F)c2)no1. The van der Waals surface area contributed by atoms with E-state index in [2.05, 4.69) is 17.1 Å². The van der Waals surface area contributed by atoms with Gasteiger partial charge in [0.15, 0.2) is 0 Å². The second-order valence-corrected chi connectivity index (χ2v) is 8.35. The van der Waals surface area contributed by atoms with Crippen molar-refractivity contribution in [2.45, 2.75) is 64.2 Å². The van der Waals surface area contributed by atoms with E-state index in [9.17, 15) is 26.3 Å². The Morgan fingerprint density at radius 2 is 1.66 bits per heavy atom. The van der Waals surface area contributed by atoms with Gasteiger partial charge in [-0.15, -0.1) is 0 Å². The van der Waals surface area contributed by atoms with Gasteiger partial charge in [0.2, 0.25) is 11.7 Å². The summed E-state index contributed by atoms with van der Waals surface area (Å²) in [6, 6.07) is 8.23. The van der Waals surface area contributed by atoms with Gasteiger partial charge in [0.25, 0.3) is 0 Å². The zero-order valence-corrected chi connectivity index (χ0v) is 19.3. The molecule has 3 rings (SSSR count). The second-order valence-electron chi connectivity index (χ2n) is 8.35. The van der Waals surface area contributed by atoms with Crippen molar-refractivity contribution in [1.82, 2.24) is 10.1 Å².